The third kappa shape index (κ3) is 2.68. The van der Waals surface area contributed by atoms with E-state index >= 15 is 0 Å². The van der Waals surface area contributed by atoms with E-state index in [1.165, 1.54) is 0 Å². The van der Waals surface area contributed by atoms with E-state index in [1.807, 2.05) is 32.0 Å². The van der Waals surface area contributed by atoms with Crippen LogP contribution in [0.1, 0.15) is 18.3 Å². The summed E-state index contributed by atoms with van der Waals surface area (Å²) in [6.45, 7) is 7.45. The lowest BCUT2D eigenvalue weighted by Crippen LogP contribution is -2.29. The average Bonchev–Trinajstić information content (AvgIpc) is 3.05. The molecule has 0 bridgehead atoms. The molecule has 1 aliphatic heterocycles. The van der Waals surface area contributed by atoms with Gasteiger partial charge >= 0.3 is 0 Å². The predicted molar refractivity (Wildman–Crippen MR) is 85.8 cm³/mol. The zero-order valence-electron chi connectivity index (χ0n) is 13.1. The van der Waals surface area contributed by atoms with Gasteiger partial charge in [-0.3, -0.25) is 9.89 Å². The minimum Gasteiger partial charge on any atom is -0.356 e. The minimum absolute atomic E-state index is 0.0456. The largest absolute Gasteiger partial charge is 0.356 e. The van der Waals surface area contributed by atoms with Gasteiger partial charge in [0.25, 0.3) is 0 Å². The molecule has 3 rings (SSSR count). The van der Waals surface area contributed by atoms with E-state index in [0.29, 0.717) is 6.54 Å². The van der Waals surface area contributed by atoms with Crippen molar-refractivity contribution in [3.63, 3.8) is 0 Å². The van der Waals surface area contributed by atoms with Gasteiger partial charge in [0.2, 0.25) is 5.91 Å². The van der Waals surface area contributed by atoms with Crippen LogP contribution >= 0.6 is 0 Å². The summed E-state index contributed by atoms with van der Waals surface area (Å²) < 4.78 is 0. The van der Waals surface area contributed by atoms with E-state index in [4.69, 9.17) is 0 Å². The second-order valence-electron chi connectivity index (χ2n) is 5.97. The Hall–Kier alpha value is -2.37. The summed E-state index contributed by atoms with van der Waals surface area (Å²) in [4.78, 5) is 19.1. The van der Waals surface area contributed by atoms with Gasteiger partial charge in [-0.2, -0.15) is 5.10 Å². The first-order valence-corrected chi connectivity index (χ1v) is 7.54. The van der Waals surface area contributed by atoms with Crippen LogP contribution in [0.5, 0.6) is 0 Å². The molecule has 0 spiro atoms. The lowest BCUT2D eigenvalue weighted by Gasteiger charge is -2.17. The summed E-state index contributed by atoms with van der Waals surface area (Å²) in [6, 6.07) is 5.85. The Labute approximate surface area is 129 Å². The molecule has 2 N–H and O–H groups in total. The molecular formula is C16H21N5O. The number of nitrogens with zero attached hydrogens (tertiary/aromatic N) is 3. The van der Waals surface area contributed by atoms with Crippen molar-refractivity contribution in [3.05, 3.63) is 35.8 Å². The lowest BCUT2D eigenvalue weighted by molar-refractivity contribution is -0.120. The molecule has 6 heteroatoms. The van der Waals surface area contributed by atoms with Crippen molar-refractivity contribution in [2.75, 3.05) is 23.3 Å². The van der Waals surface area contributed by atoms with E-state index in [-0.39, 0.29) is 17.7 Å². The van der Waals surface area contributed by atoms with Gasteiger partial charge in [0.05, 0.1) is 23.0 Å². The fraction of sp³-hybridized carbons (Fsp3) is 0.438. The third-order valence-electron chi connectivity index (χ3n) is 4.30. The molecule has 1 aliphatic rings. The summed E-state index contributed by atoms with van der Waals surface area (Å²) in [7, 11) is 0. The minimum atomic E-state index is -0.0456. The Bertz CT molecular complexity index is 647. The van der Waals surface area contributed by atoms with Crippen molar-refractivity contribution in [1.82, 2.24) is 15.2 Å². The van der Waals surface area contributed by atoms with Crippen LogP contribution in [0.25, 0.3) is 0 Å². The van der Waals surface area contributed by atoms with Crippen LogP contribution < -0.4 is 10.2 Å². The van der Waals surface area contributed by atoms with E-state index in [2.05, 4.69) is 32.3 Å². The number of H-pyrrole nitrogens is 1. The van der Waals surface area contributed by atoms with Gasteiger partial charge in [0.1, 0.15) is 5.82 Å². The quantitative estimate of drug-likeness (QED) is 0.910. The van der Waals surface area contributed by atoms with Crippen LogP contribution in [0.3, 0.4) is 0 Å². The Morgan fingerprint density at radius 1 is 1.36 bits per heavy atom. The number of aryl methyl sites for hydroxylation is 2. The molecule has 0 radical (unpaired) electrons. The van der Waals surface area contributed by atoms with E-state index in [0.717, 1.165) is 29.4 Å². The monoisotopic (exact) mass is 299 g/mol. The van der Waals surface area contributed by atoms with Crippen molar-refractivity contribution in [3.8, 4) is 0 Å². The molecule has 1 amide bonds. The predicted octanol–water partition coefficient (Wildman–Crippen LogP) is 2.13. The van der Waals surface area contributed by atoms with Crippen LogP contribution in [0.4, 0.5) is 11.5 Å². The van der Waals surface area contributed by atoms with Gasteiger partial charge in [-0.05, 0) is 31.9 Å². The number of carbonyl (C=O) groups is 1. The molecular weight excluding hydrogens is 278 g/mol. The van der Waals surface area contributed by atoms with Crippen LogP contribution in [0.15, 0.2) is 24.4 Å². The summed E-state index contributed by atoms with van der Waals surface area (Å²) >= 11 is 0. The number of amides is 1. The molecule has 1 fully saturated rings. The number of nitrogens with one attached hydrogen (secondary N) is 2. The number of carbonyl (C=O) groups excluding carboxylic acids is 1. The highest BCUT2D eigenvalue weighted by atomic mass is 16.2. The number of aromatic amines is 1. The number of rotatable bonds is 3. The number of hydrogen-bond donors (Lipinski definition) is 2. The Morgan fingerprint density at radius 2 is 2.18 bits per heavy atom. The zero-order chi connectivity index (χ0) is 15.7. The summed E-state index contributed by atoms with van der Waals surface area (Å²) in [5, 5.41) is 10.0. The molecule has 0 unspecified atom stereocenters. The fourth-order valence-electron chi connectivity index (χ4n) is 2.99. The zero-order valence-corrected chi connectivity index (χ0v) is 13.1. The molecule has 0 aliphatic carbocycles. The van der Waals surface area contributed by atoms with E-state index in [9.17, 15) is 4.79 Å². The summed E-state index contributed by atoms with van der Waals surface area (Å²) in [5.41, 5.74) is 2.50. The molecule has 6 nitrogen and oxygen atoms in total. The first kappa shape index (κ1) is 14.6. The second-order valence-corrected chi connectivity index (χ2v) is 5.97. The van der Waals surface area contributed by atoms with Crippen LogP contribution in [-0.2, 0) is 4.79 Å². The van der Waals surface area contributed by atoms with Crippen molar-refractivity contribution >= 4 is 17.4 Å². The molecule has 1 saturated heterocycles. The Morgan fingerprint density at radius 3 is 2.82 bits per heavy atom. The molecule has 0 saturated carbocycles. The van der Waals surface area contributed by atoms with Crippen molar-refractivity contribution in [1.29, 1.82) is 0 Å². The Kier molecular flexibility index (Phi) is 3.83. The first-order valence-electron chi connectivity index (χ1n) is 7.54. The van der Waals surface area contributed by atoms with Crippen LogP contribution in [0.2, 0.25) is 0 Å². The second kappa shape index (κ2) is 5.79. The van der Waals surface area contributed by atoms with Gasteiger partial charge in [-0.1, -0.05) is 13.0 Å². The van der Waals surface area contributed by atoms with Gasteiger partial charge in [0.15, 0.2) is 0 Å². The van der Waals surface area contributed by atoms with Crippen LogP contribution in [0, 0.1) is 25.7 Å². The maximum Gasteiger partial charge on any atom is 0.229 e. The van der Waals surface area contributed by atoms with E-state index < -0.39 is 0 Å². The average molecular weight is 299 g/mol. The normalized spacial score (nSPS) is 21.1. The molecule has 116 valence electrons. The first-order chi connectivity index (χ1) is 10.6. The van der Waals surface area contributed by atoms with Crippen molar-refractivity contribution in [2.45, 2.75) is 20.8 Å². The van der Waals surface area contributed by atoms with Gasteiger partial charge in [-0.25, -0.2) is 4.98 Å². The lowest BCUT2D eigenvalue weighted by atomic mass is 9.97. The third-order valence-corrected chi connectivity index (χ3v) is 4.30. The van der Waals surface area contributed by atoms with Gasteiger partial charge in [-0.15, -0.1) is 0 Å². The molecule has 2 aromatic rings. The fourth-order valence-corrected chi connectivity index (χ4v) is 2.99. The smallest absolute Gasteiger partial charge is 0.229 e. The summed E-state index contributed by atoms with van der Waals surface area (Å²) in [6.07, 6.45) is 1.78. The van der Waals surface area contributed by atoms with Gasteiger partial charge in [0, 0.05) is 19.3 Å². The number of anilines is 2. The SMILES string of the molecule is Cc1n[nH]c(C)c1NC(=O)[C@@H]1CN(c2ccccn2)C[C@H]1C. The summed E-state index contributed by atoms with van der Waals surface area (Å²) in [5.74, 6) is 1.23. The highest BCUT2D eigenvalue weighted by Crippen LogP contribution is 2.28. The molecule has 3 heterocycles. The molecule has 22 heavy (non-hydrogen) atoms. The highest BCUT2D eigenvalue weighted by molar-refractivity contribution is 5.94. The Balaban J connectivity index is 1.71. The topological polar surface area (TPSA) is 73.9 Å². The highest BCUT2D eigenvalue weighted by Gasteiger charge is 2.35. The van der Waals surface area contributed by atoms with E-state index in [1.54, 1.807) is 6.20 Å². The number of aromatic nitrogens is 3. The van der Waals surface area contributed by atoms with Crippen molar-refractivity contribution < 1.29 is 4.79 Å². The number of hydrogen-bond acceptors (Lipinski definition) is 4. The van der Waals surface area contributed by atoms with Crippen LogP contribution in [-0.4, -0.2) is 34.2 Å². The maximum absolute atomic E-state index is 12.6. The van der Waals surface area contributed by atoms with Crippen molar-refractivity contribution in [2.24, 2.45) is 11.8 Å². The molecule has 0 aromatic carbocycles. The molecule has 2 aromatic heterocycles. The number of pyridine rings is 1. The molecule has 2 atom stereocenters. The standard InChI is InChI=1S/C16H21N5O/c1-10-8-21(14-6-4-5-7-17-14)9-13(10)16(22)18-15-11(2)19-20-12(15)3/h4-7,10,13H,8-9H2,1-3H3,(H,18,22)(H,19,20)/t10-,13-/m1/s1. The van der Waals surface area contributed by atoms with Gasteiger partial charge < -0.3 is 10.2 Å². The maximum atomic E-state index is 12.6.